The fourth-order valence-electron chi connectivity index (χ4n) is 3.82. The number of nitrogens with zero attached hydrogens (tertiary/aromatic N) is 1. The molecule has 162 valence electrons. The van der Waals surface area contributed by atoms with Crippen molar-refractivity contribution in [2.75, 3.05) is 18.6 Å². The van der Waals surface area contributed by atoms with Gasteiger partial charge in [-0.2, -0.15) is 0 Å². The largest absolute Gasteiger partial charge is 0.507 e. The minimum atomic E-state index is -0.767. The smallest absolute Gasteiger partial charge is 0.300 e. The zero-order valence-electron chi connectivity index (χ0n) is 17.8. The summed E-state index contributed by atoms with van der Waals surface area (Å²) in [4.78, 5) is 27.7. The second-order valence-corrected chi connectivity index (χ2v) is 7.24. The SMILES string of the molecule is CCOc1ccc(N2C(=O)C(=O)/C(=C(/O)c3ccc(OC)cc3)C2c2ccccc2)cc1. The third kappa shape index (κ3) is 3.83. The maximum atomic E-state index is 13.1. The van der Waals surface area contributed by atoms with Crippen molar-refractivity contribution >= 4 is 23.1 Å². The molecule has 1 aliphatic rings. The van der Waals surface area contributed by atoms with E-state index in [0.717, 1.165) is 5.56 Å². The van der Waals surface area contributed by atoms with Crippen LogP contribution >= 0.6 is 0 Å². The zero-order valence-corrected chi connectivity index (χ0v) is 17.8. The first kappa shape index (κ1) is 21.2. The molecular formula is C26H23NO5. The van der Waals surface area contributed by atoms with Gasteiger partial charge in [0, 0.05) is 11.3 Å². The van der Waals surface area contributed by atoms with Crippen LogP contribution in [0.4, 0.5) is 5.69 Å². The fourth-order valence-corrected chi connectivity index (χ4v) is 3.82. The maximum absolute atomic E-state index is 13.1. The normalized spacial score (nSPS) is 17.4. The van der Waals surface area contributed by atoms with Gasteiger partial charge in [0.15, 0.2) is 0 Å². The molecule has 32 heavy (non-hydrogen) atoms. The second kappa shape index (κ2) is 8.98. The molecule has 3 aromatic rings. The van der Waals surface area contributed by atoms with Gasteiger partial charge in [-0.1, -0.05) is 30.3 Å². The molecule has 0 bridgehead atoms. The number of ketones is 1. The number of hydrogen-bond acceptors (Lipinski definition) is 5. The summed E-state index contributed by atoms with van der Waals surface area (Å²) in [7, 11) is 1.55. The molecule has 0 spiro atoms. The standard InChI is InChI=1S/C26H23NO5/c1-3-32-21-15-11-19(12-16-21)27-23(17-7-5-4-6-8-17)22(25(29)26(27)30)24(28)18-9-13-20(31-2)14-10-18/h4-16,23,28H,3H2,1-2H3/b24-22+. The van der Waals surface area contributed by atoms with Crippen molar-refractivity contribution < 1.29 is 24.2 Å². The average molecular weight is 429 g/mol. The maximum Gasteiger partial charge on any atom is 0.300 e. The first-order valence-corrected chi connectivity index (χ1v) is 10.3. The lowest BCUT2D eigenvalue weighted by molar-refractivity contribution is -0.132. The van der Waals surface area contributed by atoms with Gasteiger partial charge in [-0.3, -0.25) is 14.5 Å². The summed E-state index contributed by atoms with van der Waals surface area (Å²) >= 11 is 0. The number of Topliss-reactive ketones (excluding diaryl/α,β-unsaturated/α-hetero) is 1. The van der Waals surface area contributed by atoms with Crippen LogP contribution in [0.25, 0.3) is 5.76 Å². The Morgan fingerprint density at radius 2 is 1.53 bits per heavy atom. The Morgan fingerprint density at radius 1 is 0.906 bits per heavy atom. The molecule has 0 aliphatic carbocycles. The van der Waals surface area contributed by atoms with E-state index in [9.17, 15) is 14.7 Å². The van der Waals surface area contributed by atoms with Crippen molar-refractivity contribution in [3.05, 3.63) is 95.6 Å². The van der Waals surface area contributed by atoms with E-state index in [4.69, 9.17) is 9.47 Å². The van der Waals surface area contributed by atoms with Crippen LogP contribution in [0.5, 0.6) is 11.5 Å². The topological polar surface area (TPSA) is 76.1 Å². The summed E-state index contributed by atoms with van der Waals surface area (Å²) in [5.74, 6) is -0.370. The Morgan fingerprint density at radius 3 is 2.12 bits per heavy atom. The van der Waals surface area contributed by atoms with E-state index in [1.54, 1.807) is 55.6 Å². The Bertz CT molecular complexity index is 1150. The summed E-state index contributed by atoms with van der Waals surface area (Å²) in [5.41, 5.74) is 1.73. The minimum absolute atomic E-state index is 0.0419. The predicted molar refractivity (Wildman–Crippen MR) is 122 cm³/mol. The summed E-state index contributed by atoms with van der Waals surface area (Å²) in [5, 5.41) is 11.1. The number of anilines is 1. The van der Waals surface area contributed by atoms with Crippen LogP contribution in [0.2, 0.25) is 0 Å². The molecule has 1 unspecified atom stereocenters. The minimum Gasteiger partial charge on any atom is -0.507 e. The number of benzene rings is 3. The van der Waals surface area contributed by atoms with Crippen LogP contribution in [-0.4, -0.2) is 30.5 Å². The van der Waals surface area contributed by atoms with Crippen molar-refractivity contribution in [3.63, 3.8) is 0 Å². The number of aliphatic hydroxyl groups is 1. The molecule has 1 heterocycles. The van der Waals surface area contributed by atoms with E-state index in [1.165, 1.54) is 4.90 Å². The molecule has 1 aliphatic heterocycles. The van der Waals surface area contributed by atoms with Gasteiger partial charge in [0.05, 0.1) is 25.3 Å². The van der Waals surface area contributed by atoms with Crippen LogP contribution in [0.1, 0.15) is 24.1 Å². The summed E-state index contributed by atoms with van der Waals surface area (Å²) in [6.45, 7) is 2.41. The van der Waals surface area contributed by atoms with E-state index in [2.05, 4.69) is 0 Å². The molecule has 1 N–H and O–H groups in total. The molecule has 4 rings (SSSR count). The number of methoxy groups -OCH3 is 1. The third-order valence-electron chi connectivity index (χ3n) is 5.35. The van der Waals surface area contributed by atoms with Gasteiger partial charge in [0.2, 0.25) is 0 Å². The molecule has 1 fully saturated rings. The summed E-state index contributed by atoms with van der Waals surface area (Å²) in [6, 6.07) is 22.1. The average Bonchev–Trinajstić information content (AvgIpc) is 3.10. The number of carbonyl (C=O) groups is 2. The lowest BCUT2D eigenvalue weighted by Gasteiger charge is -2.25. The van der Waals surface area contributed by atoms with Gasteiger partial charge in [-0.25, -0.2) is 0 Å². The van der Waals surface area contributed by atoms with E-state index in [1.807, 2.05) is 37.3 Å². The number of aliphatic hydroxyl groups excluding tert-OH is 1. The van der Waals surface area contributed by atoms with Gasteiger partial charge in [-0.15, -0.1) is 0 Å². The monoisotopic (exact) mass is 429 g/mol. The molecular weight excluding hydrogens is 406 g/mol. The van der Waals surface area contributed by atoms with Gasteiger partial charge < -0.3 is 14.6 Å². The van der Waals surface area contributed by atoms with Gasteiger partial charge in [-0.05, 0) is 61.0 Å². The van der Waals surface area contributed by atoms with Crippen molar-refractivity contribution in [2.24, 2.45) is 0 Å². The van der Waals surface area contributed by atoms with Crippen LogP contribution in [0.3, 0.4) is 0 Å². The second-order valence-electron chi connectivity index (χ2n) is 7.24. The highest BCUT2D eigenvalue weighted by molar-refractivity contribution is 6.51. The molecule has 0 saturated carbocycles. The van der Waals surface area contributed by atoms with E-state index in [-0.39, 0.29) is 11.3 Å². The Kier molecular flexibility index (Phi) is 5.94. The van der Waals surface area contributed by atoms with Gasteiger partial charge >= 0.3 is 0 Å². The van der Waals surface area contributed by atoms with Crippen LogP contribution in [0, 0.1) is 0 Å². The Balaban J connectivity index is 1.85. The molecule has 0 radical (unpaired) electrons. The molecule has 3 aromatic carbocycles. The highest BCUT2D eigenvalue weighted by atomic mass is 16.5. The van der Waals surface area contributed by atoms with Gasteiger partial charge in [0.25, 0.3) is 11.7 Å². The van der Waals surface area contributed by atoms with E-state index >= 15 is 0 Å². The summed E-state index contributed by atoms with van der Waals surface area (Å²) < 4.78 is 10.7. The number of carbonyl (C=O) groups excluding carboxylic acids is 2. The molecule has 6 nitrogen and oxygen atoms in total. The van der Waals surface area contributed by atoms with E-state index in [0.29, 0.717) is 29.4 Å². The lowest BCUT2D eigenvalue weighted by Crippen LogP contribution is -2.29. The molecule has 0 aromatic heterocycles. The highest BCUT2D eigenvalue weighted by Crippen LogP contribution is 2.42. The third-order valence-corrected chi connectivity index (χ3v) is 5.35. The van der Waals surface area contributed by atoms with Crippen molar-refractivity contribution in [1.82, 2.24) is 0 Å². The lowest BCUT2D eigenvalue weighted by atomic mass is 9.95. The molecule has 1 amide bonds. The zero-order chi connectivity index (χ0) is 22.7. The van der Waals surface area contributed by atoms with Crippen LogP contribution < -0.4 is 14.4 Å². The molecule has 1 saturated heterocycles. The molecule has 6 heteroatoms. The predicted octanol–water partition coefficient (Wildman–Crippen LogP) is 4.72. The number of rotatable bonds is 6. The number of hydrogen-bond donors (Lipinski definition) is 1. The number of ether oxygens (including phenoxy) is 2. The summed E-state index contributed by atoms with van der Waals surface area (Å²) in [6.07, 6.45) is 0. The van der Waals surface area contributed by atoms with Crippen molar-refractivity contribution in [2.45, 2.75) is 13.0 Å². The Hall–Kier alpha value is -4.06. The van der Waals surface area contributed by atoms with Crippen LogP contribution in [-0.2, 0) is 9.59 Å². The Labute approximate surface area is 186 Å². The highest BCUT2D eigenvalue weighted by Gasteiger charge is 2.46. The van der Waals surface area contributed by atoms with Crippen LogP contribution in [0.15, 0.2) is 84.4 Å². The van der Waals surface area contributed by atoms with Gasteiger partial charge in [0.1, 0.15) is 17.3 Å². The fraction of sp³-hybridized carbons (Fsp3) is 0.154. The van der Waals surface area contributed by atoms with Crippen molar-refractivity contribution in [1.29, 1.82) is 0 Å². The first-order chi connectivity index (χ1) is 15.5. The van der Waals surface area contributed by atoms with Crippen molar-refractivity contribution in [3.8, 4) is 11.5 Å². The number of amides is 1. The van der Waals surface area contributed by atoms with E-state index < -0.39 is 17.7 Å². The molecule has 1 atom stereocenters. The quantitative estimate of drug-likeness (QED) is 0.349. The first-order valence-electron chi connectivity index (χ1n) is 10.3.